The quantitative estimate of drug-likeness (QED) is 0.581. The fourth-order valence-electron chi connectivity index (χ4n) is 3.95. The first-order valence-electron chi connectivity index (χ1n) is 10.4. The number of ether oxygens (including phenoxy) is 2. The Kier molecular flexibility index (Phi) is 5.99. The summed E-state index contributed by atoms with van der Waals surface area (Å²) in [5.74, 6) is 1.56. The second-order valence-electron chi connectivity index (χ2n) is 7.48. The molecule has 1 fully saturated rings. The van der Waals surface area contributed by atoms with Crippen molar-refractivity contribution in [2.75, 3.05) is 6.61 Å². The van der Waals surface area contributed by atoms with Crippen LogP contribution in [0.15, 0.2) is 60.7 Å². The maximum absolute atomic E-state index is 12.7. The number of benzene rings is 3. The van der Waals surface area contributed by atoms with E-state index in [4.69, 9.17) is 9.47 Å². The Morgan fingerprint density at radius 3 is 2.59 bits per heavy atom. The zero-order valence-corrected chi connectivity index (χ0v) is 16.8. The van der Waals surface area contributed by atoms with Crippen molar-refractivity contribution >= 4 is 16.7 Å². The van der Waals surface area contributed by atoms with Crippen molar-refractivity contribution in [3.63, 3.8) is 0 Å². The minimum Gasteiger partial charge on any atom is -0.493 e. The second-order valence-corrected chi connectivity index (χ2v) is 7.48. The van der Waals surface area contributed by atoms with Crippen LogP contribution in [0, 0.1) is 0 Å². The molecule has 29 heavy (non-hydrogen) atoms. The van der Waals surface area contributed by atoms with Gasteiger partial charge in [0.25, 0.3) is 5.91 Å². The summed E-state index contributed by atoms with van der Waals surface area (Å²) >= 11 is 0. The van der Waals surface area contributed by atoms with Gasteiger partial charge in [0.2, 0.25) is 0 Å². The van der Waals surface area contributed by atoms with Crippen LogP contribution in [0.25, 0.3) is 10.8 Å². The van der Waals surface area contributed by atoms with Crippen molar-refractivity contribution in [2.45, 2.75) is 45.3 Å². The van der Waals surface area contributed by atoms with E-state index in [0.29, 0.717) is 24.8 Å². The summed E-state index contributed by atoms with van der Waals surface area (Å²) in [5.41, 5.74) is 1.52. The highest BCUT2D eigenvalue weighted by atomic mass is 16.5. The molecule has 1 saturated carbocycles. The third kappa shape index (κ3) is 4.53. The molecule has 1 amide bonds. The highest BCUT2D eigenvalue weighted by Gasteiger charge is 2.19. The molecule has 0 bridgehead atoms. The van der Waals surface area contributed by atoms with Crippen LogP contribution in [-0.4, -0.2) is 18.6 Å². The van der Waals surface area contributed by atoms with E-state index in [0.717, 1.165) is 40.7 Å². The van der Waals surface area contributed by atoms with Crippen LogP contribution in [0.5, 0.6) is 11.5 Å². The predicted molar refractivity (Wildman–Crippen MR) is 116 cm³/mol. The molecule has 150 valence electrons. The monoisotopic (exact) mass is 389 g/mol. The average Bonchev–Trinajstić information content (AvgIpc) is 3.26. The summed E-state index contributed by atoms with van der Waals surface area (Å²) < 4.78 is 11.9. The third-order valence-electron chi connectivity index (χ3n) is 5.45. The van der Waals surface area contributed by atoms with Crippen LogP contribution in [0.3, 0.4) is 0 Å². The first kappa shape index (κ1) is 19.3. The smallest absolute Gasteiger partial charge is 0.251 e. The van der Waals surface area contributed by atoms with Gasteiger partial charge < -0.3 is 14.8 Å². The molecule has 3 aromatic rings. The van der Waals surface area contributed by atoms with Crippen molar-refractivity contribution in [1.82, 2.24) is 5.32 Å². The van der Waals surface area contributed by atoms with Gasteiger partial charge in [-0.15, -0.1) is 0 Å². The van der Waals surface area contributed by atoms with Crippen LogP contribution >= 0.6 is 0 Å². The summed E-state index contributed by atoms with van der Waals surface area (Å²) in [7, 11) is 0. The lowest BCUT2D eigenvalue weighted by molar-refractivity contribution is 0.0937. The molecule has 0 unspecified atom stereocenters. The standard InChI is InChI=1S/C25H27NO3/c1-2-28-23-15-14-19(25(27)26-21-10-4-5-11-21)16-20(23)17-29-24-13-7-9-18-8-3-6-12-22(18)24/h3,6-9,12-16,21H,2,4-5,10-11,17H2,1H3,(H,26,27). The molecule has 1 aliphatic rings. The number of carbonyl (C=O) groups is 1. The molecule has 0 heterocycles. The van der Waals surface area contributed by atoms with Crippen LogP contribution in [0.2, 0.25) is 0 Å². The van der Waals surface area contributed by atoms with E-state index < -0.39 is 0 Å². The molecular formula is C25H27NO3. The first-order chi connectivity index (χ1) is 14.2. The van der Waals surface area contributed by atoms with E-state index in [1.807, 2.05) is 49.4 Å². The maximum atomic E-state index is 12.7. The maximum Gasteiger partial charge on any atom is 0.251 e. The van der Waals surface area contributed by atoms with Crippen LogP contribution in [-0.2, 0) is 6.61 Å². The van der Waals surface area contributed by atoms with Gasteiger partial charge in [-0.25, -0.2) is 0 Å². The van der Waals surface area contributed by atoms with Gasteiger partial charge in [-0.1, -0.05) is 49.2 Å². The molecule has 1 N–H and O–H groups in total. The summed E-state index contributed by atoms with van der Waals surface area (Å²) in [4.78, 5) is 12.7. The zero-order valence-electron chi connectivity index (χ0n) is 16.8. The molecule has 4 nitrogen and oxygen atoms in total. The molecule has 0 aliphatic heterocycles. The lowest BCUT2D eigenvalue weighted by Gasteiger charge is -2.16. The minimum atomic E-state index is -0.0219. The number of hydrogen-bond acceptors (Lipinski definition) is 3. The van der Waals surface area contributed by atoms with Gasteiger partial charge in [-0.3, -0.25) is 4.79 Å². The van der Waals surface area contributed by atoms with Crippen molar-refractivity contribution < 1.29 is 14.3 Å². The van der Waals surface area contributed by atoms with Gasteiger partial charge in [-0.05, 0) is 49.4 Å². The topological polar surface area (TPSA) is 47.6 Å². The van der Waals surface area contributed by atoms with E-state index >= 15 is 0 Å². The van der Waals surface area contributed by atoms with Crippen molar-refractivity contribution in [3.8, 4) is 11.5 Å². The molecule has 0 radical (unpaired) electrons. The van der Waals surface area contributed by atoms with E-state index in [-0.39, 0.29) is 5.91 Å². The number of amides is 1. The van der Waals surface area contributed by atoms with Gasteiger partial charge in [0.05, 0.1) is 6.61 Å². The van der Waals surface area contributed by atoms with E-state index in [9.17, 15) is 4.79 Å². The Hall–Kier alpha value is -3.01. The number of hydrogen-bond donors (Lipinski definition) is 1. The SMILES string of the molecule is CCOc1ccc(C(=O)NC2CCCC2)cc1COc1cccc2ccccc12. The summed E-state index contributed by atoms with van der Waals surface area (Å²) in [6.07, 6.45) is 4.52. The fraction of sp³-hybridized carbons (Fsp3) is 0.320. The van der Waals surface area contributed by atoms with Crippen molar-refractivity contribution in [3.05, 3.63) is 71.8 Å². The second kappa shape index (κ2) is 8.99. The van der Waals surface area contributed by atoms with Crippen LogP contribution < -0.4 is 14.8 Å². The Labute approximate surface area is 171 Å². The van der Waals surface area contributed by atoms with Gasteiger partial charge in [-0.2, -0.15) is 0 Å². The number of fused-ring (bicyclic) bond motifs is 1. The highest BCUT2D eigenvalue weighted by molar-refractivity contribution is 5.94. The molecule has 0 atom stereocenters. The van der Waals surface area contributed by atoms with E-state index in [2.05, 4.69) is 23.5 Å². The minimum absolute atomic E-state index is 0.0219. The van der Waals surface area contributed by atoms with Crippen molar-refractivity contribution in [2.24, 2.45) is 0 Å². The van der Waals surface area contributed by atoms with Gasteiger partial charge in [0, 0.05) is 22.6 Å². The van der Waals surface area contributed by atoms with Gasteiger partial charge in [0.1, 0.15) is 18.1 Å². The number of rotatable bonds is 7. The zero-order chi connectivity index (χ0) is 20.1. The first-order valence-corrected chi connectivity index (χ1v) is 10.4. The Morgan fingerprint density at radius 1 is 0.966 bits per heavy atom. The predicted octanol–water partition coefficient (Wildman–Crippen LogP) is 5.49. The van der Waals surface area contributed by atoms with Gasteiger partial charge in [0.15, 0.2) is 0 Å². The number of nitrogens with one attached hydrogen (secondary N) is 1. The lowest BCUT2D eigenvalue weighted by Crippen LogP contribution is -2.32. The van der Waals surface area contributed by atoms with Gasteiger partial charge >= 0.3 is 0 Å². The summed E-state index contributed by atoms with van der Waals surface area (Å²) in [6, 6.07) is 20.1. The van der Waals surface area contributed by atoms with Crippen LogP contribution in [0.1, 0.15) is 48.5 Å². The molecule has 3 aromatic carbocycles. The average molecular weight is 389 g/mol. The Balaban J connectivity index is 1.54. The van der Waals surface area contributed by atoms with E-state index in [1.54, 1.807) is 0 Å². The largest absolute Gasteiger partial charge is 0.493 e. The van der Waals surface area contributed by atoms with Crippen molar-refractivity contribution in [1.29, 1.82) is 0 Å². The van der Waals surface area contributed by atoms with Crippen LogP contribution in [0.4, 0.5) is 0 Å². The molecule has 4 rings (SSSR count). The van der Waals surface area contributed by atoms with E-state index in [1.165, 1.54) is 12.8 Å². The molecule has 0 spiro atoms. The molecular weight excluding hydrogens is 362 g/mol. The summed E-state index contributed by atoms with van der Waals surface area (Å²) in [5, 5.41) is 5.36. The Bertz CT molecular complexity index is 987. The fourth-order valence-corrected chi connectivity index (χ4v) is 3.95. The molecule has 0 saturated heterocycles. The number of carbonyl (C=O) groups excluding carboxylic acids is 1. The molecule has 4 heteroatoms. The summed E-state index contributed by atoms with van der Waals surface area (Å²) in [6.45, 7) is 2.86. The third-order valence-corrected chi connectivity index (χ3v) is 5.45. The highest BCUT2D eigenvalue weighted by Crippen LogP contribution is 2.28. The molecule has 0 aromatic heterocycles. The molecule has 1 aliphatic carbocycles. The lowest BCUT2D eigenvalue weighted by atomic mass is 10.1. The Morgan fingerprint density at radius 2 is 1.76 bits per heavy atom. The normalized spacial score (nSPS) is 14.1.